The minimum atomic E-state index is 0.722. The van der Waals surface area contributed by atoms with E-state index in [-0.39, 0.29) is 0 Å². The summed E-state index contributed by atoms with van der Waals surface area (Å²) in [6.45, 7) is 5.87. The van der Waals surface area contributed by atoms with E-state index in [4.69, 9.17) is 9.72 Å². The first-order valence-corrected chi connectivity index (χ1v) is 7.98. The summed E-state index contributed by atoms with van der Waals surface area (Å²) in [6.07, 6.45) is 3.79. The van der Waals surface area contributed by atoms with Gasteiger partial charge in [-0.15, -0.1) is 11.3 Å². The molecule has 0 aliphatic heterocycles. The van der Waals surface area contributed by atoms with Gasteiger partial charge in [-0.2, -0.15) is 0 Å². The maximum absolute atomic E-state index is 5.06. The zero-order chi connectivity index (χ0) is 13.7. The summed E-state index contributed by atoms with van der Waals surface area (Å²) in [6, 6.07) is 0. The number of hydrogen-bond donors (Lipinski definition) is 1. The van der Waals surface area contributed by atoms with Gasteiger partial charge in [0.15, 0.2) is 5.13 Å². The highest BCUT2D eigenvalue weighted by Crippen LogP contribution is 2.44. The molecule has 0 spiro atoms. The SMILES string of the molecule is CCCN(C)c1nc(C2CC2)c(CNCCOC)s1. The Morgan fingerprint density at radius 1 is 1.47 bits per heavy atom. The van der Waals surface area contributed by atoms with E-state index < -0.39 is 0 Å². The second-order valence-corrected chi connectivity index (χ2v) is 6.23. The quantitative estimate of drug-likeness (QED) is 0.707. The third-order valence-corrected chi connectivity index (χ3v) is 4.52. The van der Waals surface area contributed by atoms with E-state index in [0.29, 0.717) is 0 Å². The van der Waals surface area contributed by atoms with E-state index in [1.54, 1.807) is 7.11 Å². The Bertz CT molecular complexity index is 390. The largest absolute Gasteiger partial charge is 0.383 e. The molecule has 1 fully saturated rings. The number of methoxy groups -OCH3 is 1. The van der Waals surface area contributed by atoms with E-state index >= 15 is 0 Å². The number of hydrogen-bond acceptors (Lipinski definition) is 5. The molecule has 0 radical (unpaired) electrons. The van der Waals surface area contributed by atoms with Gasteiger partial charge >= 0.3 is 0 Å². The third kappa shape index (κ3) is 4.16. The van der Waals surface area contributed by atoms with Crippen LogP contribution in [0.3, 0.4) is 0 Å². The van der Waals surface area contributed by atoms with Gasteiger partial charge in [0.2, 0.25) is 0 Å². The summed E-state index contributed by atoms with van der Waals surface area (Å²) in [4.78, 5) is 8.55. The minimum absolute atomic E-state index is 0.722. The molecule has 4 nitrogen and oxygen atoms in total. The lowest BCUT2D eigenvalue weighted by Gasteiger charge is -2.13. The van der Waals surface area contributed by atoms with Crippen LogP contribution in [0.1, 0.15) is 42.7 Å². The lowest BCUT2D eigenvalue weighted by atomic mass is 10.2. The Morgan fingerprint density at radius 3 is 2.89 bits per heavy atom. The average molecular weight is 283 g/mol. The van der Waals surface area contributed by atoms with Crippen molar-refractivity contribution in [3.8, 4) is 0 Å². The first-order chi connectivity index (χ1) is 9.26. The van der Waals surface area contributed by atoms with Gasteiger partial charge in [0.05, 0.1) is 12.3 Å². The maximum atomic E-state index is 5.06. The lowest BCUT2D eigenvalue weighted by molar-refractivity contribution is 0.199. The zero-order valence-electron chi connectivity index (χ0n) is 12.2. The van der Waals surface area contributed by atoms with E-state index in [1.807, 2.05) is 11.3 Å². The number of thiazole rings is 1. The highest BCUT2D eigenvalue weighted by atomic mass is 32.1. The van der Waals surface area contributed by atoms with Crippen LogP contribution < -0.4 is 10.2 Å². The van der Waals surface area contributed by atoms with Crippen LogP contribution in [0, 0.1) is 0 Å². The van der Waals surface area contributed by atoms with E-state index in [0.717, 1.165) is 38.6 Å². The van der Waals surface area contributed by atoms with Crippen molar-refractivity contribution in [1.82, 2.24) is 10.3 Å². The number of ether oxygens (including phenoxy) is 1. The molecule has 1 N–H and O–H groups in total. The molecule has 0 bridgehead atoms. The number of aromatic nitrogens is 1. The predicted octanol–water partition coefficient (Wildman–Crippen LogP) is 2.60. The predicted molar refractivity (Wildman–Crippen MR) is 81.2 cm³/mol. The molecule has 1 aromatic rings. The molecule has 0 saturated heterocycles. The Kier molecular flexibility index (Phi) is 5.60. The number of nitrogens with zero attached hydrogens (tertiary/aromatic N) is 2. The molecule has 0 amide bonds. The van der Waals surface area contributed by atoms with Crippen LogP contribution in [-0.2, 0) is 11.3 Å². The van der Waals surface area contributed by atoms with Gasteiger partial charge < -0.3 is 15.0 Å². The second kappa shape index (κ2) is 7.22. The van der Waals surface area contributed by atoms with Crippen LogP contribution in [0.2, 0.25) is 0 Å². The van der Waals surface area contributed by atoms with Crippen molar-refractivity contribution < 1.29 is 4.74 Å². The van der Waals surface area contributed by atoms with Crippen molar-refractivity contribution in [2.24, 2.45) is 0 Å². The molecule has 1 aliphatic rings. The van der Waals surface area contributed by atoms with Crippen molar-refractivity contribution in [1.29, 1.82) is 0 Å². The highest BCUT2D eigenvalue weighted by molar-refractivity contribution is 7.15. The van der Waals surface area contributed by atoms with E-state index in [9.17, 15) is 0 Å². The number of rotatable bonds is 9. The van der Waals surface area contributed by atoms with Crippen molar-refractivity contribution in [3.63, 3.8) is 0 Å². The van der Waals surface area contributed by atoms with Crippen molar-refractivity contribution in [3.05, 3.63) is 10.6 Å². The Hall–Kier alpha value is -0.650. The molecule has 2 rings (SSSR count). The van der Waals surface area contributed by atoms with Crippen LogP contribution >= 0.6 is 11.3 Å². The highest BCUT2D eigenvalue weighted by Gasteiger charge is 2.29. The van der Waals surface area contributed by atoms with Gasteiger partial charge in [0.25, 0.3) is 0 Å². The summed E-state index contributed by atoms with van der Waals surface area (Å²) in [5.41, 5.74) is 1.34. The summed E-state index contributed by atoms with van der Waals surface area (Å²) >= 11 is 1.85. The van der Waals surface area contributed by atoms with Gasteiger partial charge in [-0.1, -0.05) is 6.92 Å². The van der Waals surface area contributed by atoms with Crippen LogP contribution in [0.5, 0.6) is 0 Å². The minimum Gasteiger partial charge on any atom is -0.383 e. The fraction of sp³-hybridized carbons (Fsp3) is 0.786. The number of nitrogens with one attached hydrogen (secondary N) is 1. The van der Waals surface area contributed by atoms with Crippen LogP contribution in [0.25, 0.3) is 0 Å². The van der Waals surface area contributed by atoms with Gasteiger partial charge in [-0.05, 0) is 19.3 Å². The van der Waals surface area contributed by atoms with Gasteiger partial charge in [0.1, 0.15) is 0 Å². The average Bonchev–Trinajstić information content (AvgIpc) is 3.16. The van der Waals surface area contributed by atoms with E-state index in [1.165, 1.54) is 28.5 Å². The number of anilines is 1. The molecule has 0 atom stereocenters. The molecule has 1 saturated carbocycles. The van der Waals surface area contributed by atoms with Crippen LogP contribution in [0.15, 0.2) is 0 Å². The summed E-state index contributed by atoms with van der Waals surface area (Å²) in [7, 11) is 3.88. The molecule has 108 valence electrons. The fourth-order valence-electron chi connectivity index (χ4n) is 2.12. The Labute approximate surface area is 120 Å². The first-order valence-electron chi connectivity index (χ1n) is 7.16. The van der Waals surface area contributed by atoms with Crippen LogP contribution in [0.4, 0.5) is 5.13 Å². The molecular formula is C14H25N3OS. The zero-order valence-corrected chi connectivity index (χ0v) is 13.1. The molecule has 1 aliphatic carbocycles. The molecule has 1 aromatic heterocycles. The fourth-order valence-corrected chi connectivity index (χ4v) is 3.23. The normalized spacial score (nSPS) is 14.9. The summed E-state index contributed by atoms with van der Waals surface area (Å²) < 4.78 is 5.06. The van der Waals surface area contributed by atoms with Gasteiger partial charge in [0, 0.05) is 44.6 Å². The van der Waals surface area contributed by atoms with Crippen LogP contribution in [-0.4, -0.2) is 38.8 Å². The monoisotopic (exact) mass is 283 g/mol. The van der Waals surface area contributed by atoms with Crippen molar-refractivity contribution in [2.75, 3.05) is 38.8 Å². The molecule has 0 aromatic carbocycles. The van der Waals surface area contributed by atoms with Crippen molar-refractivity contribution >= 4 is 16.5 Å². The van der Waals surface area contributed by atoms with E-state index in [2.05, 4.69) is 24.2 Å². The van der Waals surface area contributed by atoms with Gasteiger partial charge in [-0.3, -0.25) is 0 Å². The van der Waals surface area contributed by atoms with Gasteiger partial charge in [-0.25, -0.2) is 4.98 Å². The lowest BCUT2D eigenvalue weighted by Crippen LogP contribution is -2.18. The molecule has 0 unspecified atom stereocenters. The molecule has 19 heavy (non-hydrogen) atoms. The smallest absolute Gasteiger partial charge is 0.185 e. The Morgan fingerprint density at radius 2 is 2.26 bits per heavy atom. The topological polar surface area (TPSA) is 37.4 Å². The second-order valence-electron chi connectivity index (χ2n) is 5.17. The Balaban J connectivity index is 1.99. The maximum Gasteiger partial charge on any atom is 0.185 e. The summed E-state index contributed by atoms with van der Waals surface area (Å²) in [5, 5.41) is 4.61. The molecule has 1 heterocycles. The first kappa shape index (κ1) is 14.8. The third-order valence-electron chi connectivity index (χ3n) is 3.33. The standard InChI is InChI=1S/C14H25N3OS/c1-4-8-17(2)14-16-13(11-5-6-11)12(19-14)10-15-7-9-18-3/h11,15H,4-10H2,1-3H3. The summed E-state index contributed by atoms with van der Waals surface area (Å²) in [5.74, 6) is 0.722. The molecule has 5 heteroatoms. The molecular weight excluding hydrogens is 258 g/mol. The van der Waals surface area contributed by atoms with Crippen molar-refractivity contribution in [2.45, 2.75) is 38.6 Å².